The summed E-state index contributed by atoms with van der Waals surface area (Å²) in [5, 5.41) is 6.41. The number of hydrogen-bond donors (Lipinski definition) is 1. The van der Waals surface area contributed by atoms with E-state index in [1.807, 2.05) is 32.0 Å². The van der Waals surface area contributed by atoms with Gasteiger partial charge in [-0.15, -0.1) is 12.4 Å². The Kier molecular flexibility index (Phi) is 10.3. The topological polar surface area (TPSA) is 118 Å². The van der Waals surface area contributed by atoms with Crippen LogP contribution in [-0.2, 0) is 14.4 Å². The van der Waals surface area contributed by atoms with E-state index in [0.717, 1.165) is 11.3 Å². The quantitative estimate of drug-likeness (QED) is 0.543. The summed E-state index contributed by atoms with van der Waals surface area (Å²) >= 11 is 0. The average molecular weight is 538 g/mol. The van der Waals surface area contributed by atoms with Gasteiger partial charge < -0.3 is 25.0 Å². The largest absolute Gasteiger partial charge is 0.493 e. The van der Waals surface area contributed by atoms with Crippen LogP contribution >= 0.6 is 12.4 Å². The molecule has 3 amide bonds. The number of piperidine rings is 1. The van der Waals surface area contributed by atoms with Crippen molar-refractivity contribution in [1.29, 1.82) is 0 Å². The Labute approximate surface area is 225 Å². The first-order valence-electron chi connectivity index (χ1n) is 12.4. The lowest BCUT2D eigenvalue weighted by molar-refractivity contribution is -0.145. The summed E-state index contributed by atoms with van der Waals surface area (Å²) in [6, 6.07) is 4.82. The Morgan fingerprint density at radius 2 is 1.78 bits per heavy atom. The molecule has 11 heteroatoms. The first-order chi connectivity index (χ1) is 17.0. The van der Waals surface area contributed by atoms with Gasteiger partial charge in [0.15, 0.2) is 11.5 Å². The zero-order valence-corrected chi connectivity index (χ0v) is 23.5. The molecule has 0 aliphatic carbocycles. The van der Waals surface area contributed by atoms with Gasteiger partial charge in [0, 0.05) is 45.6 Å². The number of hydrazone groups is 1. The van der Waals surface area contributed by atoms with E-state index in [9.17, 15) is 14.4 Å². The first kappa shape index (κ1) is 30.4. The Hall–Kier alpha value is -2.85. The van der Waals surface area contributed by atoms with Crippen LogP contribution in [0.3, 0.4) is 0 Å². The van der Waals surface area contributed by atoms with E-state index < -0.39 is 11.5 Å². The molecule has 37 heavy (non-hydrogen) atoms. The molecular formula is C26H40ClN5O5. The molecule has 2 N–H and O–H groups in total. The van der Waals surface area contributed by atoms with Gasteiger partial charge in [0.25, 0.3) is 0 Å². The number of halogens is 1. The zero-order valence-electron chi connectivity index (χ0n) is 22.7. The fourth-order valence-electron chi connectivity index (χ4n) is 4.63. The van der Waals surface area contributed by atoms with Gasteiger partial charge in [-0.25, -0.2) is 5.01 Å². The van der Waals surface area contributed by atoms with Crippen LogP contribution in [0.1, 0.15) is 51.5 Å². The van der Waals surface area contributed by atoms with E-state index in [1.54, 1.807) is 38.2 Å². The van der Waals surface area contributed by atoms with Gasteiger partial charge in [0.1, 0.15) is 0 Å². The molecule has 0 radical (unpaired) electrons. The fraction of sp³-hybridized carbons (Fsp3) is 0.615. The van der Waals surface area contributed by atoms with Crippen LogP contribution in [0.25, 0.3) is 0 Å². The summed E-state index contributed by atoms with van der Waals surface area (Å²) in [5.74, 6) is 1.02. The fourth-order valence-corrected chi connectivity index (χ4v) is 4.63. The Bertz CT molecular complexity index is 1020. The van der Waals surface area contributed by atoms with E-state index in [0.29, 0.717) is 50.3 Å². The Morgan fingerprint density at radius 1 is 1.16 bits per heavy atom. The van der Waals surface area contributed by atoms with Crippen molar-refractivity contribution in [3.63, 3.8) is 0 Å². The van der Waals surface area contributed by atoms with Crippen molar-refractivity contribution >= 4 is 35.8 Å². The standard InChI is InChI=1S/C26H39N5O5.ClH/c1-26(2)16-20(17-7-9-21(35-5)22(15-17)36-6)28-31(25(26)34)18-11-13-30(14-12-18)24(33)19(27)8-10-23(32)29(3)4;/h7,9,15,18-19H,8,10-14,16,27H2,1-6H3;1H/t19-;/m1./s1. The molecule has 2 aliphatic heterocycles. The maximum atomic E-state index is 13.3. The third kappa shape index (κ3) is 6.93. The molecular weight excluding hydrogens is 498 g/mol. The van der Waals surface area contributed by atoms with Gasteiger partial charge in [0.05, 0.1) is 37.4 Å². The molecule has 206 valence electrons. The third-order valence-corrected chi connectivity index (χ3v) is 6.95. The van der Waals surface area contributed by atoms with Crippen molar-refractivity contribution in [1.82, 2.24) is 14.8 Å². The number of rotatable bonds is 8. The summed E-state index contributed by atoms with van der Waals surface area (Å²) in [7, 11) is 6.54. The number of amides is 3. The lowest BCUT2D eigenvalue weighted by Gasteiger charge is -2.42. The predicted octanol–water partition coefficient (Wildman–Crippen LogP) is 2.27. The van der Waals surface area contributed by atoms with Crippen molar-refractivity contribution in [3.05, 3.63) is 23.8 Å². The van der Waals surface area contributed by atoms with Gasteiger partial charge in [-0.05, 0) is 37.5 Å². The summed E-state index contributed by atoms with van der Waals surface area (Å²) in [6.45, 7) is 4.85. The summed E-state index contributed by atoms with van der Waals surface area (Å²) in [5.41, 5.74) is 7.17. The van der Waals surface area contributed by atoms with Gasteiger partial charge >= 0.3 is 0 Å². The third-order valence-electron chi connectivity index (χ3n) is 6.95. The maximum Gasteiger partial charge on any atom is 0.248 e. The molecule has 10 nitrogen and oxygen atoms in total. The molecule has 2 aliphatic rings. The first-order valence-corrected chi connectivity index (χ1v) is 12.4. The van der Waals surface area contributed by atoms with Gasteiger partial charge in [0.2, 0.25) is 17.7 Å². The minimum atomic E-state index is -0.712. The van der Waals surface area contributed by atoms with Crippen LogP contribution in [0.15, 0.2) is 23.3 Å². The van der Waals surface area contributed by atoms with Crippen LogP contribution in [0, 0.1) is 5.41 Å². The van der Waals surface area contributed by atoms with E-state index in [1.165, 1.54) is 4.90 Å². The van der Waals surface area contributed by atoms with E-state index >= 15 is 0 Å². The lowest BCUT2D eigenvalue weighted by atomic mass is 9.82. The molecule has 0 spiro atoms. The Balaban J connectivity index is 0.00000481. The minimum Gasteiger partial charge on any atom is -0.493 e. The molecule has 0 saturated carbocycles. The number of likely N-dealkylation sites (tertiary alicyclic amines) is 1. The highest BCUT2D eigenvalue weighted by molar-refractivity contribution is 6.06. The van der Waals surface area contributed by atoms with Crippen molar-refractivity contribution in [3.8, 4) is 11.5 Å². The second-order valence-corrected chi connectivity index (χ2v) is 10.3. The number of nitrogens with two attached hydrogens (primary N) is 1. The molecule has 1 atom stereocenters. The zero-order chi connectivity index (χ0) is 26.6. The minimum absolute atomic E-state index is 0. The van der Waals surface area contributed by atoms with E-state index in [2.05, 4.69) is 0 Å². The van der Waals surface area contributed by atoms with Crippen molar-refractivity contribution in [2.45, 2.75) is 58.0 Å². The van der Waals surface area contributed by atoms with Crippen LogP contribution in [0.5, 0.6) is 11.5 Å². The average Bonchev–Trinajstić information content (AvgIpc) is 2.87. The molecule has 3 rings (SSSR count). The highest BCUT2D eigenvalue weighted by Gasteiger charge is 2.42. The maximum absolute atomic E-state index is 13.3. The second-order valence-electron chi connectivity index (χ2n) is 10.3. The summed E-state index contributed by atoms with van der Waals surface area (Å²) in [6.07, 6.45) is 2.28. The van der Waals surface area contributed by atoms with Crippen molar-refractivity contribution < 1.29 is 23.9 Å². The molecule has 0 bridgehead atoms. The van der Waals surface area contributed by atoms with E-state index in [4.69, 9.17) is 20.3 Å². The molecule has 0 unspecified atom stereocenters. The Morgan fingerprint density at radius 3 is 2.35 bits per heavy atom. The summed E-state index contributed by atoms with van der Waals surface area (Å²) < 4.78 is 10.8. The van der Waals surface area contributed by atoms with Crippen LogP contribution in [-0.4, -0.2) is 91.7 Å². The number of carbonyl (C=O) groups excluding carboxylic acids is 3. The monoisotopic (exact) mass is 537 g/mol. The van der Waals surface area contributed by atoms with Gasteiger partial charge in [-0.3, -0.25) is 14.4 Å². The number of benzene rings is 1. The molecule has 2 heterocycles. The predicted molar refractivity (Wildman–Crippen MR) is 144 cm³/mol. The normalized spacial score (nSPS) is 18.5. The van der Waals surface area contributed by atoms with Crippen LogP contribution in [0.2, 0.25) is 0 Å². The highest BCUT2D eigenvalue weighted by Crippen LogP contribution is 2.36. The van der Waals surface area contributed by atoms with Crippen molar-refractivity contribution in [2.75, 3.05) is 41.4 Å². The number of methoxy groups -OCH3 is 2. The smallest absolute Gasteiger partial charge is 0.248 e. The number of nitrogens with zero attached hydrogens (tertiary/aromatic N) is 4. The van der Waals surface area contributed by atoms with Gasteiger partial charge in [-0.2, -0.15) is 5.10 Å². The summed E-state index contributed by atoms with van der Waals surface area (Å²) in [4.78, 5) is 41.2. The van der Waals surface area contributed by atoms with Gasteiger partial charge in [-0.1, -0.05) is 13.8 Å². The van der Waals surface area contributed by atoms with Crippen LogP contribution < -0.4 is 15.2 Å². The SMILES string of the molecule is COc1ccc(C2=NN(C3CCN(C(=O)[C@H](N)CCC(=O)N(C)C)CC3)C(=O)C(C)(C)C2)cc1OC.Cl. The number of ether oxygens (including phenoxy) is 2. The van der Waals surface area contributed by atoms with Crippen LogP contribution in [0.4, 0.5) is 0 Å². The number of carbonyl (C=O) groups is 3. The molecule has 1 aromatic carbocycles. The van der Waals surface area contributed by atoms with E-state index in [-0.39, 0.29) is 42.6 Å². The molecule has 1 fully saturated rings. The second kappa shape index (κ2) is 12.6. The highest BCUT2D eigenvalue weighted by atomic mass is 35.5. The van der Waals surface area contributed by atoms with Crippen molar-refractivity contribution in [2.24, 2.45) is 16.3 Å². The molecule has 1 saturated heterocycles. The molecule has 0 aromatic heterocycles. The lowest BCUT2D eigenvalue weighted by Crippen LogP contribution is -2.54. The molecule has 1 aromatic rings. The number of hydrogen-bond acceptors (Lipinski definition) is 7.